The predicted octanol–water partition coefficient (Wildman–Crippen LogP) is 4.11. The van der Waals surface area contributed by atoms with Crippen molar-refractivity contribution in [3.8, 4) is 0 Å². The maximum absolute atomic E-state index is 4.60. The van der Waals surface area contributed by atoms with Crippen LogP contribution >= 0.6 is 35.3 Å². The second-order valence-electron chi connectivity index (χ2n) is 7.04. The van der Waals surface area contributed by atoms with Gasteiger partial charge in [-0.05, 0) is 29.7 Å². The molecule has 2 heterocycles. The molecule has 0 aliphatic heterocycles. The molecule has 26 heavy (non-hydrogen) atoms. The van der Waals surface area contributed by atoms with E-state index in [4.69, 9.17) is 0 Å². The van der Waals surface area contributed by atoms with Crippen molar-refractivity contribution in [2.45, 2.75) is 39.7 Å². The summed E-state index contributed by atoms with van der Waals surface area (Å²) in [6, 6.07) is 4.32. The summed E-state index contributed by atoms with van der Waals surface area (Å²) >= 11 is 1.83. The molecule has 0 bridgehead atoms. The maximum atomic E-state index is 4.60. The van der Waals surface area contributed by atoms with E-state index in [2.05, 4.69) is 71.8 Å². The lowest BCUT2D eigenvalue weighted by atomic mass is 10.1. The Morgan fingerprint density at radius 1 is 1.38 bits per heavy atom. The number of nitrogens with one attached hydrogen (secondary N) is 1. The number of aliphatic imine (C=N–C) groups is 1. The van der Waals surface area contributed by atoms with Crippen LogP contribution in [0.5, 0.6) is 0 Å². The van der Waals surface area contributed by atoms with Gasteiger partial charge in [-0.1, -0.05) is 26.8 Å². The van der Waals surface area contributed by atoms with Crippen molar-refractivity contribution in [1.29, 1.82) is 0 Å². The lowest BCUT2D eigenvalue weighted by Gasteiger charge is -2.23. The molecule has 0 aliphatic rings. The van der Waals surface area contributed by atoms with Crippen LogP contribution in [-0.4, -0.2) is 41.3 Å². The third-order valence-corrected chi connectivity index (χ3v) is 5.10. The van der Waals surface area contributed by atoms with Crippen LogP contribution in [0.15, 0.2) is 28.7 Å². The molecular weight excluding hydrogens is 457 g/mol. The number of halogens is 1. The van der Waals surface area contributed by atoms with Crippen LogP contribution in [0.3, 0.4) is 0 Å². The maximum Gasteiger partial charge on any atom is 0.193 e. The van der Waals surface area contributed by atoms with Gasteiger partial charge in [0.05, 0.1) is 5.69 Å². The minimum Gasteiger partial charge on any atom is -0.356 e. The number of guanidine groups is 1. The van der Waals surface area contributed by atoms with Gasteiger partial charge in [-0.25, -0.2) is 0 Å². The first kappa shape index (κ1) is 23.0. The van der Waals surface area contributed by atoms with E-state index >= 15 is 0 Å². The van der Waals surface area contributed by atoms with Gasteiger partial charge in [0.2, 0.25) is 0 Å². The molecule has 0 saturated heterocycles. The summed E-state index contributed by atoms with van der Waals surface area (Å²) in [5, 5.41) is 10.2. The molecule has 1 atom stereocenters. The molecule has 0 saturated carbocycles. The van der Waals surface area contributed by atoms with Crippen LogP contribution in [0.1, 0.15) is 42.8 Å². The van der Waals surface area contributed by atoms with Gasteiger partial charge < -0.3 is 10.2 Å². The summed E-state index contributed by atoms with van der Waals surface area (Å²) in [5.74, 6) is 1.91. The Hall–Kier alpha value is -1.09. The van der Waals surface area contributed by atoms with Crippen LogP contribution < -0.4 is 5.32 Å². The Kier molecular flexibility index (Phi) is 9.63. The molecule has 0 aliphatic carbocycles. The number of hydrogen-bond acceptors (Lipinski definition) is 3. The smallest absolute Gasteiger partial charge is 0.193 e. The summed E-state index contributed by atoms with van der Waals surface area (Å²) in [6.45, 7) is 8.37. The Morgan fingerprint density at radius 3 is 2.69 bits per heavy atom. The number of nitrogens with zero attached hydrogens (tertiary/aromatic N) is 4. The number of aromatic nitrogens is 2. The van der Waals surface area contributed by atoms with Crippen molar-refractivity contribution < 1.29 is 0 Å². The lowest BCUT2D eigenvalue weighted by Crippen LogP contribution is -2.40. The van der Waals surface area contributed by atoms with Gasteiger partial charge in [0.15, 0.2) is 5.96 Å². The van der Waals surface area contributed by atoms with E-state index in [1.165, 1.54) is 10.4 Å². The van der Waals surface area contributed by atoms with Crippen LogP contribution in [0.25, 0.3) is 0 Å². The van der Waals surface area contributed by atoms with Gasteiger partial charge in [-0.3, -0.25) is 9.67 Å². The normalized spacial score (nSPS) is 12.8. The van der Waals surface area contributed by atoms with E-state index in [0.717, 1.165) is 31.2 Å². The average Bonchev–Trinajstić information content (AvgIpc) is 3.17. The highest BCUT2D eigenvalue weighted by Gasteiger charge is 2.15. The van der Waals surface area contributed by atoms with Gasteiger partial charge in [-0.15, -0.1) is 35.3 Å². The van der Waals surface area contributed by atoms with Crippen molar-refractivity contribution in [3.05, 3.63) is 39.8 Å². The Bertz CT molecular complexity index is 678. The summed E-state index contributed by atoms with van der Waals surface area (Å²) < 4.78 is 1.90. The fourth-order valence-corrected chi connectivity index (χ4v) is 3.86. The first-order valence-electron chi connectivity index (χ1n) is 8.87. The number of hydrogen-bond donors (Lipinski definition) is 1. The zero-order valence-electron chi connectivity index (χ0n) is 16.7. The highest BCUT2D eigenvalue weighted by Crippen LogP contribution is 2.18. The lowest BCUT2D eigenvalue weighted by molar-refractivity contribution is 0.459. The minimum absolute atomic E-state index is 0. The molecule has 2 rings (SSSR count). The highest BCUT2D eigenvalue weighted by molar-refractivity contribution is 14.0. The molecule has 0 amide bonds. The van der Waals surface area contributed by atoms with E-state index < -0.39 is 0 Å². The Balaban J connectivity index is 0.00000338. The third kappa shape index (κ3) is 6.57. The van der Waals surface area contributed by atoms with Crippen molar-refractivity contribution in [1.82, 2.24) is 20.0 Å². The van der Waals surface area contributed by atoms with E-state index in [1.54, 1.807) is 0 Å². The second-order valence-corrected chi connectivity index (χ2v) is 8.07. The predicted molar refractivity (Wildman–Crippen MR) is 123 cm³/mol. The fraction of sp³-hybridized carbons (Fsp3) is 0.579. The summed E-state index contributed by atoms with van der Waals surface area (Å²) in [5.41, 5.74) is 2.42. The van der Waals surface area contributed by atoms with E-state index in [0.29, 0.717) is 11.8 Å². The first-order valence-corrected chi connectivity index (χ1v) is 9.75. The summed E-state index contributed by atoms with van der Waals surface area (Å²) in [6.07, 6.45) is 3.21. The van der Waals surface area contributed by atoms with Gasteiger partial charge in [0.25, 0.3) is 0 Å². The van der Waals surface area contributed by atoms with Gasteiger partial charge >= 0.3 is 0 Å². The van der Waals surface area contributed by atoms with Crippen molar-refractivity contribution in [2.24, 2.45) is 18.0 Å². The Labute approximate surface area is 178 Å². The second kappa shape index (κ2) is 10.9. The minimum atomic E-state index is 0. The molecule has 1 unspecified atom stereocenters. The molecule has 0 radical (unpaired) electrons. The largest absolute Gasteiger partial charge is 0.356 e. The molecule has 2 aromatic rings. The Morgan fingerprint density at radius 2 is 2.12 bits per heavy atom. The molecule has 0 spiro atoms. The molecule has 0 fully saturated rings. The molecule has 1 N–H and O–H groups in total. The molecule has 2 aromatic heterocycles. The first-order chi connectivity index (χ1) is 11.9. The van der Waals surface area contributed by atoms with Crippen molar-refractivity contribution >= 4 is 41.3 Å². The van der Waals surface area contributed by atoms with Gasteiger partial charge in [0, 0.05) is 50.9 Å². The van der Waals surface area contributed by atoms with E-state index in [1.807, 2.05) is 30.1 Å². The number of thiophene rings is 1. The molecule has 5 nitrogen and oxygen atoms in total. The van der Waals surface area contributed by atoms with Crippen LogP contribution in [0, 0.1) is 5.92 Å². The van der Waals surface area contributed by atoms with Crippen LogP contribution in [0.2, 0.25) is 0 Å². The van der Waals surface area contributed by atoms with E-state index in [-0.39, 0.29) is 24.0 Å². The topological polar surface area (TPSA) is 45.5 Å². The van der Waals surface area contributed by atoms with Crippen LogP contribution in [-0.2, 0) is 20.0 Å². The third-order valence-electron chi connectivity index (χ3n) is 4.20. The standard InChI is InChI=1S/C19H31N5S.HI/c1-14(2)18-16(13-24(6)22-18)12-23(5)19(20-4)21-11-15(3)10-17-8-7-9-25-17;/h7-9,13-15H,10-12H2,1-6H3,(H,20,21);1H. The van der Waals surface area contributed by atoms with Crippen LogP contribution in [0.4, 0.5) is 0 Å². The monoisotopic (exact) mass is 489 g/mol. The molecular formula is C19H32IN5S. The molecule has 0 aromatic carbocycles. The number of rotatable bonds is 7. The fourth-order valence-electron chi connectivity index (χ4n) is 2.99. The van der Waals surface area contributed by atoms with Crippen molar-refractivity contribution in [2.75, 3.05) is 20.6 Å². The average molecular weight is 489 g/mol. The van der Waals surface area contributed by atoms with Gasteiger partial charge in [0.1, 0.15) is 0 Å². The zero-order chi connectivity index (χ0) is 18.4. The zero-order valence-corrected chi connectivity index (χ0v) is 19.8. The van der Waals surface area contributed by atoms with Crippen molar-refractivity contribution in [3.63, 3.8) is 0 Å². The summed E-state index contributed by atoms with van der Waals surface area (Å²) in [7, 11) is 5.90. The number of aryl methyl sites for hydroxylation is 1. The summed E-state index contributed by atoms with van der Waals surface area (Å²) in [4.78, 5) is 8.05. The molecule has 7 heteroatoms. The SMILES string of the molecule is CN=C(NCC(C)Cc1cccs1)N(C)Cc1cn(C)nc1C(C)C.I. The van der Waals surface area contributed by atoms with E-state index in [9.17, 15) is 0 Å². The molecule has 146 valence electrons. The highest BCUT2D eigenvalue weighted by atomic mass is 127. The quantitative estimate of drug-likeness (QED) is 0.362. The van der Waals surface area contributed by atoms with Gasteiger partial charge in [-0.2, -0.15) is 5.10 Å².